The van der Waals surface area contributed by atoms with Crippen LogP contribution in [0.5, 0.6) is 0 Å². The lowest BCUT2D eigenvalue weighted by molar-refractivity contribution is -0.384. The number of carbonyl (C=O) groups is 2. The van der Waals surface area contributed by atoms with E-state index in [1.165, 1.54) is 4.90 Å². The van der Waals surface area contributed by atoms with Gasteiger partial charge in [-0.2, -0.15) is 0 Å². The van der Waals surface area contributed by atoms with Crippen molar-refractivity contribution >= 4 is 17.6 Å². The van der Waals surface area contributed by atoms with Crippen LogP contribution >= 0.6 is 0 Å². The Kier molecular flexibility index (Phi) is 5.28. The van der Waals surface area contributed by atoms with E-state index in [0.29, 0.717) is 13.2 Å². The molecule has 0 spiro atoms. The molecule has 23 heavy (non-hydrogen) atoms. The van der Waals surface area contributed by atoms with Crippen LogP contribution in [0.3, 0.4) is 0 Å². The Labute approximate surface area is 132 Å². The Bertz CT molecular complexity index is 592. The predicted molar refractivity (Wildman–Crippen MR) is 80.6 cm³/mol. The first kappa shape index (κ1) is 16.9. The Hall–Kier alpha value is -2.48. The van der Waals surface area contributed by atoms with Crippen LogP contribution in [0, 0.1) is 16.0 Å². The van der Waals surface area contributed by atoms with Crippen LogP contribution < -0.4 is 0 Å². The minimum atomic E-state index is -1.31. The first-order valence-corrected chi connectivity index (χ1v) is 7.24. The third-order valence-electron chi connectivity index (χ3n) is 3.76. The average Bonchev–Trinajstić information content (AvgIpc) is 2.54. The Morgan fingerprint density at radius 1 is 1.39 bits per heavy atom. The van der Waals surface area contributed by atoms with Gasteiger partial charge < -0.3 is 14.7 Å². The SMILES string of the molecule is CN(CC1CCCOC1)C(=O)c1cc(C(=O)O)cc([N+](=O)[O-])c1. The van der Waals surface area contributed by atoms with Gasteiger partial charge in [0.25, 0.3) is 11.6 Å². The molecule has 1 aliphatic rings. The minimum absolute atomic E-state index is 0.00386. The lowest BCUT2D eigenvalue weighted by atomic mass is 10.0. The zero-order valence-corrected chi connectivity index (χ0v) is 12.7. The molecule has 1 amide bonds. The first-order chi connectivity index (χ1) is 10.9. The third kappa shape index (κ3) is 4.26. The van der Waals surface area contributed by atoms with Gasteiger partial charge in [0, 0.05) is 37.9 Å². The van der Waals surface area contributed by atoms with Crippen LogP contribution in [0.25, 0.3) is 0 Å². The number of benzene rings is 1. The molecule has 1 fully saturated rings. The molecule has 1 saturated heterocycles. The summed E-state index contributed by atoms with van der Waals surface area (Å²) in [5.41, 5.74) is -0.699. The zero-order chi connectivity index (χ0) is 17.0. The average molecular weight is 322 g/mol. The Morgan fingerprint density at radius 3 is 2.65 bits per heavy atom. The molecule has 1 N–H and O–H groups in total. The first-order valence-electron chi connectivity index (χ1n) is 7.24. The van der Waals surface area contributed by atoms with Crippen LogP contribution in [0.15, 0.2) is 18.2 Å². The standard InChI is InChI=1S/C15H18N2O6/c1-16(8-10-3-2-4-23-9-10)14(18)11-5-12(15(19)20)7-13(6-11)17(21)22/h5-7,10H,2-4,8-9H2,1H3,(H,19,20). The molecule has 8 heteroatoms. The zero-order valence-electron chi connectivity index (χ0n) is 12.7. The van der Waals surface area contributed by atoms with Gasteiger partial charge in [-0.05, 0) is 24.8 Å². The van der Waals surface area contributed by atoms with Crippen molar-refractivity contribution in [2.24, 2.45) is 5.92 Å². The van der Waals surface area contributed by atoms with Gasteiger partial charge in [0.2, 0.25) is 0 Å². The second-order valence-corrected chi connectivity index (χ2v) is 5.60. The van der Waals surface area contributed by atoms with E-state index < -0.39 is 22.5 Å². The number of carbonyl (C=O) groups excluding carboxylic acids is 1. The smallest absolute Gasteiger partial charge is 0.335 e. The monoisotopic (exact) mass is 322 g/mol. The number of ether oxygens (including phenoxy) is 1. The summed E-state index contributed by atoms with van der Waals surface area (Å²) in [6.07, 6.45) is 1.89. The fraction of sp³-hybridized carbons (Fsp3) is 0.467. The second kappa shape index (κ2) is 7.19. The lowest BCUT2D eigenvalue weighted by Crippen LogP contribution is -2.35. The molecule has 1 aromatic rings. The summed E-state index contributed by atoms with van der Waals surface area (Å²) in [5.74, 6) is -1.54. The number of non-ortho nitro benzene ring substituents is 1. The fourth-order valence-corrected chi connectivity index (χ4v) is 2.61. The van der Waals surface area contributed by atoms with Gasteiger partial charge in [-0.3, -0.25) is 14.9 Å². The van der Waals surface area contributed by atoms with Crippen LogP contribution in [0.4, 0.5) is 5.69 Å². The fourth-order valence-electron chi connectivity index (χ4n) is 2.61. The molecule has 8 nitrogen and oxygen atoms in total. The summed E-state index contributed by atoms with van der Waals surface area (Å²) >= 11 is 0. The van der Waals surface area contributed by atoms with Crippen molar-refractivity contribution < 1.29 is 24.4 Å². The summed E-state index contributed by atoms with van der Waals surface area (Å²) in [7, 11) is 1.59. The van der Waals surface area contributed by atoms with Gasteiger partial charge in [0.05, 0.1) is 17.1 Å². The van der Waals surface area contributed by atoms with E-state index >= 15 is 0 Å². The van der Waals surface area contributed by atoms with Crippen molar-refractivity contribution in [1.82, 2.24) is 4.90 Å². The quantitative estimate of drug-likeness (QED) is 0.653. The largest absolute Gasteiger partial charge is 0.478 e. The molecule has 2 rings (SSSR count). The maximum absolute atomic E-state index is 12.4. The Morgan fingerprint density at radius 2 is 2.09 bits per heavy atom. The van der Waals surface area contributed by atoms with Crippen molar-refractivity contribution in [3.63, 3.8) is 0 Å². The number of hydrogen-bond donors (Lipinski definition) is 1. The van der Waals surface area contributed by atoms with Gasteiger partial charge in [-0.25, -0.2) is 4.79 Å². The van der Waals surface area contributed by atoms with Crippen molar-refractivity contribution in [2.45, 2.75) is 12.8 Å². The molecule has 1 unspecified atom stereocenters. The molecule has 0 radical (unpaired) electrons. The normalized spacial score (nSPS) is 17.5. The van der Waals surface area contributed by atoms with Gasteiger partial charge >= 0.3 is 5.97 Å². The van der Waals surface area contributed by atoms with Gasteiger partial charge in [0.1, 0.15) is 0 Å². The number of nitro groups is 1. The van der Waals surface area contributed by atoms with E-state index in [1.54, 1.807) is 7.05 Å². The molecule has 124 valence electrons. The number of carboxylic acids is 1. The lowest BCUT2D eigenvalue weighted by Gasteiger charge is -2.27. The molecule has 0 bridgehead atoms. The molecule has 1 heterocycles. The highest BCUT2D eigenvalue weighted by Gasteiger charge is 2.22. The van der Waals surface area contributed by atoms with E-state index in [1.807, 2.05) is 0 Å². The molecule has 1 atom stereocenters. The second-order valence-electron chi connectivity index (χ2n) is 5.60. The van der Waals surface area contributed by atoms with E-state index in [4.69, 9.17) is 9.84 Å². The van der Waals surface area contributed by atoms with E-state index in [-0.39, 0.29) is 17.0 Å². The molecular weight excluding hydrogens is 304 g/mol. The highest BCUT2D eigenvalue weighted by atomic mass is 16.6. The minimum Gasteiger partial charge on any atom is -0.478 e. The molecule has 1 aliphatic heterocycles. The molecule has 0 aliphatic carbocycles. The number of carboxylic acid groups (broad SMARTS) is 1. The van der Waals surface area contributed by atoms with Crippen LogP contribution in [-0.2, 0) is 4.74 Å². The highest BCUT2D eigenvalue weighted by Crippen LogP contribution is 2.20. The number of aromatic carboxylic acids is 1. The van der Waals surface area contributed by atoms with Crippen molar-refractivity contribution in [3.8, 4) is 0 Å². The van der Waals surface area contributed by atoms with E-state index in [0.717, 1.165) is 37.6 Å². The summed E-state index contributed by atoms with van der Waals surface area (Å²) in [6.45, 7) is 1.76. The molecular formula is C15H18N2O6. The Balaban J connectivity index is 2.19. The predicted octanol–water partition coefficient (Wildman–Crippen LogP) is 1.79. The third-order valence-corrected chi connectivity index (χ3v) is 3.76. The summed E-state index contributed by atoms with van der Waals surface area (Å²) < 4.78 is 5.36. The number of amides is 1. The van der Waals surface area contributed by atoms with Gasteiger partial charge in [-0.1, -0.05) is 0 Å². The van der Waals surface area contributed by atoms with E-state index in [2.05, 4.69) is 0 Å². The number of nitrogens with zero attached hydrogens (tertiary/aromatic N) is 2. The van der Waals surface area contributed by atoms with Crippen LogP contribution in [0.2, 0.25) is 0 Å². The van der Waals surface area contributed by atoms with Crippen molar-refractivity contribution in [2.75, 3.05) is 26.8 Å². The molecule has 0 aromatic heterocycles. The topological polar surface area (TPSA) is 110 Å². The summed E-state index contributed by atoms with van der Waals surface area (Å²) in [6, 6.07) is 3.20. The number of hydrogen-bond acceptors (Lipinski definition) is 5. The maximum atomic E-state index is 12.4. The molecule has 1 aromatic carbocycles. The summed E-state index contributed by atoms with van der Waals surface area (Å²) in [4.78, 5) is 35.2. The number of nitro benzene ring substituents is 1. The van der Waals surface area contributed by atoms with E-state index in [9.17, 15) is 19.7 Å². The van der Waals surface area contributed by atoms with Crippen molar-refractivity contribution in [1.29, 1.82) is 0 Å². The van der Waals surface area contributed by atoms with Gasteiger partial charge in [0.15, 0.2) is 0 Å². The number of rotatable bonds is 5. The molecule has 0 saturated carbocycles. The summed E-state index contributed by atoms with van der Waals surface area (Å²) in [5, 5.41) is 19.9. The van der Waals surface area contributed by atoms with Crippen LogP contribution in [-0.4, -0.2) is 53.6 Å². The highest BCUT2D eigenvalue weighted by molar-refractivity contribution is 5.98. The van der Waals surface area contributed by atoms with Crippen molar-refractivity contribution in [3.05, 3.63) is 39.4 Å². The van der Waals surface area contributed by atoms with Crippen LogP contribution in [0.1, 0.15) is 33.6 Å². The maximum Gasteiger partial charge on any atom is 0.335 e. The van der Waals surface area contributed by atoms with Gasteiger partial charge in [-0.15, -0.1) is 0 Å².